The van der Waals surface area contributed by atoms with E-state index in [2.05, 4.69) is 6.92 Å². The van der Waals surface area contributed by atoms with E-state index in [0.717, 1.165) is 24.8 Å². The third-order valence-electron chi connectivity index (χ3n) is 3.02. The fraction of sp³-hybridized carbons (Fsp3) is 0.571. The second kappa shape index (κ2) is 6.90. The fourth-order valence-electron chi connectivity index (χ4n) is 1.85. The molecule has 0 aliphatic carbocycles. The van der Waals surface area contributed by atoms with Crippen LogP contribution in [0.15, 0.2) is 29.2 Å². The Bertz CT molecular complexity index is 451. The van der Waals surface area contributed by atoms with Crippen molar-refractivity contribution in [2.75, 3.05) is 13.1 Å². The van der Waals surface area contributed by atoms with Crippen LogP contribution in [-0.2, 0) is 10.0 Å². The highest BCUT2D eigenvalue weighted by Crippen LogP contribution is 2.16. The van der Waals surface area contributed by atoms with E-state index in [0.29, 0.717) is 18.0 Å². The summed E-state index contributed by atoms with van der Waals surface area (Å²) in [5.41, 5.74) is 1.07. The molecule has 0 aliphatic heterocycles. The van der Waals surface area contributed by atoms with Crippen LogP contribution in [0.3, 0.4) is 0 Å². The van der Waals surface area contributed by atoms with Crippen molar-refractivity contribution in [1.29, 1.82) is 0 Å². The number of unbranched alkanes of at least 4 members (excludes halogenated alkanes) is 2. The Labute approximate surface area is 111 Å². The SMILES string of the molecule is CCCCCN(CC)S(=O)(=O)c1ccc(C)cc1. The normalized spacial score (nSPS) is 12.0. The highest BCUT2D eigenvalue weighted by Gasteiger charge is 2.21. The minimum Gasteiger partial charge on any atom is -0.207 e. The predicted octanol–water partition coefficient (Wildman–Crippen LogP) is 3.20. The second-order valence-electron chi connectivity index (χ2n) is 4.52. The van der Waals surface area contributed by atoms with E-state index in [-0.39, 0.29) is 0 Å². The Balaban J connectivity index is 2.85. The minimum absolute atomic E-state index is 0.395. The van der Waals surface area contributed by atoms with Crippen LogP contribution in [-0.4, -0.2) is 25.8 Å². The van der Waals surface area contributed by atoms with E-state index in [1.807, 2.05) is 26.0 Å². The van der Waals surface area contributed by atoms with Crippen molar-refractivity contribution >= 4 is 10.0 Å². The lowest BCUT2D eigenvalue weighted by atomic mass is 10.2. The molecule has 0 unspecified atom stereocenters. The van der Waals surface area contributed by atoms with Gasteiger partial charge in [-0.2, -0.15) is 4.31 Å². The summed E-state index contributed by atoms with van der Waals surface area (Å²) in [6.45, 7) is 7.10. The van der Waals surface area contributed by atoms with Gasteiger partial charge in [0, 0.05) is 13.1 Å². The van der Waals surface area contributed by atoms with E-state index < -0.39 is 10.0 Å². The van der Waals surface area contributed by atoms with E-state index in [1.54, 1.807) is 16.4 Å². The quantitative estimate of drug-likeness (QED) is 0.713. The van der Waals surface area contributed by atoms with Crippen molar-refractivity contribution < 1.29 is 8.42 Å². The monoisotopic (exact) mass is 269 g/mol. The van der Waals surface area contributed by atoms with Gasteiger partial charge in [-0.3, -0.25) is 0 Å². The summed E-state index contributed by atoms with van der Waals surface area (Å²) in [5, 5.41) is 0. The number of hydrogen-bond acceptors (Lipinski definition) is 2. The molecule has 4 heteroatoms. The number of hydrogen-bond donors (Lipinski definition) is 0. The molecule has 0 radical (unpaired) electrons. The Morgan fingerprint density at radius 3 is 2.17 bits per heavy atom. The largest absolute Gasteiger partial charge is 0.243 e. The smallest absolute Gasteiger partial charge is 0.207 e. The third kappa shape index (κ3) is 3.82. The molecule has 3 nitrogen and oxygen atoms in total. The summed E-state index contributed by atoms with van der Waals surface area (Å²) in [4.78, 5) is 0.395. The lowest BCUT2D eigenvalue weighted by Crippen LogP contribution is -2.31. The van der Waals surface area contributed by atoms with Gasteiger partial charge >= 0.3 is 0 Å². The fourth-order valence-corrected chi connectivity index (χ4v) is 3.33. The van der Waals surface area contributed by atoms with Crippen LogP contribution in [0, 0.1) is 6.92 Å². The molecule has 1 rings (SSSR count). The van der Waals surface area contributed by atoms with E-state index in [9.17, 15) is 8.42 Å². The molecule has 0 saturated carbocycles. The summed E-state index contributed by atoms with van der Waals surface area (Å²) in [6.07, 6.45) is 3.09. The van der Waals surface area contributed by atoms with Crippen molar-refractivity contribution in [3.63, 3.8) is 0 Å². The van der Waals surface area contributed by atoms with Crippen molar-refractivity contribution in [1.82, 2.24) is 4.31 Å². The van der Waals surface area contributed by atoms with Gasteiger partial charge in [0.25, 0.3) is 0 Å². The molecule has 0 heterocycles. The van der Waals surface area contributed by atoms with Crippen LogP contribution >= 0.6 is 0 Å². The van der Waals surface area contributed by atoms with E-state index >= 15 is 0 Å². The van der Waals surface area contributed by atoms with Gasteiger partial charge in [-0.1, -0.05) is 44.4 Å². The van der Waals surface area contributed by atoms with Gasteiger partial charge in [-0.25, -0.2) is 8.42 Å². The molecular formula is C14H23NO2S. The predicted molar refractivity (Wildman–Crippen MR) is 75.1 cm³/mol. The Hall–Kier alpha value is -0.870. The zero-order valence-corrected chi connectivity index (χ0v) is 12.3. The molecule has 0 aromatic heterocycles. The van der Waals surface area contributed by atoms with Gasteiger partial charge in [0.1, 0.15) is 0 Å². The zero-order chi connectivity index (χ0) is 13.6. The molecular weight excluding hydrogens is 246 g/mol. The third-order valence-corrected chi connectivity index (χ3v) is 5.01. The molecule has 0 fully saturated rings. The van der Waals surface area contributed by atoms with Crippen molar-refractivity contribution in [2.45, 2.75) is 44.9 Å². The molecule has 0 atom stereocenters. The second-order valence-corrected chi connectivity index (χ2v) is 6.45. The van der Waals surface area contributed by atoms with E-state index in [4.69, 9.17) is 0 Å². The number of nitrogens with zero attached hydrogens (tertiary/aromatic N) is 1. The number of sulfonamides is 1. The standard InChI is InChI=1S/C14H23NO2S/c1-4-6-7-12-15(5-2)18(16,17)14-10-8-13(3)9-11-14/h8-11H,4-7,12H2,1-3H3. The molecule has 1 aromatic carbocycles. The van der Waals surface area contributed by atoms with Crippen LogP contribution in [0.1, 0.15) is 38.7 Å². The highest BCUT2D eigenvalue weighted by atomic mass is 32.2. The van der Waals surface area contributed by atoms with Crippen LogP contribution in [0.2, 0.25) is 0 Å². The Morgan fingerprint density at radius 2 is 1.67 bits per heavy atom. The average Bonchev–Trinajstić information content (AvgIpc) is 2.35. The van der Waals surface area contributed by atoms with Crippen LogP contribution < -0.4 is 0 Å². The molecule has 0 amide bonds. The van der Waals surface area contributed by atoms with Gasteiger partial charge in [0.2, 0.25) is 10.0 Å². The zero-order valence-electron chi connectivity index (χ0n) is 11.5. The first-order chi connectivity index (χ1) is 8.52. The van der Waals surface area contributed by atoms with Gasteiger partial charge < -0.3 is 0 Å². The first-order valence-electron chi connectivity index (χ1n) is 6.59. The van der Waals surface area contributed by atoms with Crippen LogP contribution in [0.5, 0.6) is 0 Å². The summed E-state index contributed by atoms with van der Waals surface area (Å²) in [6, 6.07) is 7.06. The van der Waals surface area contributed by atoms with Crippen molar-refractivity contribution in [3.8, 4) is 0 Å². The number of benzene rings is 1. The molecule has 18 heavy (non-hydrogen) atoms. The lowest BCUT2D eigenvalue weighted by molar-refractivity contribution is 0.415. The Morgan fingerprint density at radius 1 is 1.06 bits per heavy atom. The van der Waals surface area contributed by atoms with Crippen molar-refractivity contribution in [3.05, 3.63) is 29.8 Å². The molecule has 0 aliphatic rings. The van der Waals surface area contributed by atoms with Crippen LogP contribution in [0.25, 0.3) is 0 Å². The summed E-state index contributed by atoms with van der Waals surface area (Å²) >= 11 is 0. The average molecular weight is 269 g/mol. The molecule has 0 saturated heterocycles. The van der Waals surface area contributed by atoms with Gasteiger partial charge in [-0.15, -0.1) is 0 Å². The van der Waals surface area contributed by atoms with E-state index in [1.165, 1.54) is 0 Å². The van der Waals surface area contributed by atoms with Crippen LogP contribution in [0.4, 0.5) is 0 Å². The first-order valence-corrected chi connectivity index (χ1v) is 8.03. The summed E-state index contributed by atoms with van der Waals surface area (Å²) in [7, 11) is -3.32. The summed E-state index contributed by atoms with van der Waals surface area (Å²) < 4.78 is 26.4. The lowest BCUT2D eigenvalue weighted by Gasteiger charge is -2.20. The maximum absolute atomic E-state index is 12.4. The minimum atomic E-state index is -3.32. The molecule has 0 spiro atoms. The molecule has 0 bridgehead atoms. The van der Waals surface area contributed by atoms with Gasteiger partial charge in [-0.05, 0) is 25.5 Å². The molecule has 102 valence electrons. The molecule has 0 N–H and O–H groups in total. The number of rotatable bonds is 7. The highest BCUT2D eigenvalue weighted by molar-refractivity contribution is 7.89. The van der Waals surface area contributed by atoms with Gasteiger partial charge in [0.15, 0.2) is 0 Å². The maximum Gasteiger partial charge on any atom is 0.243 e. The maximum atomic E-state index is 12.4. The molecule has 1 aromatic rings. The topological polar surface area (TPSA) is 37.4 Å². The summed E-state index contributed by atoms with van der Waals surface area (Å²) in [5.74, 6) is 0. The first kappa shape index (κ1) is 15.2. The Kier molecular flexibility index (Phi) is 5.82. The number of aryl methyl sites for hydroxylation is 1. The van der Waals surface area contributed by atoms with Crippen molar-refractivity contribution in [2.24, 2.45) is 0 Å². The van der Waals surface area contributed by atoms with Gasteiger partial charge in [0.05, 0.1) is 4.90 Å².